The van der Waals surface area contributed by atoms with Gasteiger partial charge >= 0.3 is 6.18 Å². The maximum absolute atomic E-state index is 16.7. The fraction of sp³-hybridized carbons (Fsp3) is 0.455. The Kier molecular flexibility index (Phi) is 9.47. The normalized spacial score (nSPS) is 20.6. The van der Waals surface area contributed by atoms with E-state index in [4.69, 9.17) is 4.74 Å². The van der Waals surface area contributed by atoms with Crippen LogP contribution in [0.2, 0.25) is 0 Å². The van der Waals surface area contributed by atoms with E-state index < -0.39 is 47.7 Å². The zero-order chi connectivity index (χ0) is 35.0. The number of piperidine rings is 1. The number of alkyl halides is 5. The number of hydrogen-bond donors (Lipinski definition) is 0. The number of allylic oxidation sites excluding steroid dienone is 1. The molecule has 6 rings (SSSR count). The highest BCUT2D eigenvalue weighted by molar-refractivity contribution is 6.06. The summed E-state index contributed by atoms with van der Waals surface area (Å²) in [4.78, 5) is 24.2. The van der Waals surface area contributed by atoms with Gasteiger partial charge in [-0.2, -0.15) is 18.4 Å². The molecule has 3 aromatic heterocycles. The van der Waals surface area contributed by atoms with E-state index in [1.165, 1.54) is 24.0 Å². The summed E-state index contributed by atoms with van der Waals surface area (Å²) in [6.07, 6.45) is -3.13. The number of pyridine rings is 2. The van der Waals surface area contributed by atoms with Gasteiger partial charge in [0.15, 0.2) is 17.0 Å². The lowest BCUT2D eigenvalue weighted by molar-refractivity contribution is -0.140. The molecular formula is C33H32F6N8O2. The zero-order valence-corrected chi connectivity index (χ0v) is 26.6. The molecule has 2 aliphatic heterocycles. The quantitative estimate of drug-likeness (QED) is 0.158. The topological polar surface area (TPSA) is 113 Å². The second-order valence-corrected chi connectivity index (χ2v) is 12.3. The third kappa shape index (κ3) is 6.63. The Bertz CT molecular complexity index is 1960. The molecule has 0 saturated carbocycles. The number of nitriles is 1. The van der Waals surface area contributed by atoms with Gasteiger partial charge in [-0.25, -0.2) is 22.8 Å². The summed E-state index contributed by atoms with van der Waals surface area (Å²) in [5.74, 6) is -1.69. The largest absolute Gasteiger partial charge is 0.474 e. The summed E-state index contributed by atoms with van der Waals surface area (Å²) >= 11 is 0. The van der Waals surface area contributed by atoms with Crippen molar-refractivity contribution in [3.8, 4) is 23.1 Å². The number of carbonyl (C=O) groups excluding carboxylic acids is 1. The van der Waals surface area contributed by atoms with Crippen LogP contribution in [0.3, 0.4) is 0 Å². The third-order valence-electron chi connectivity index (χ3n) is 9.26. The number of fused-ring (bicyclic) bond motifs is 3. The summed E-state index contributed by atoms with van der Waals surface area (Å²) in [5, 5.41) is 18.5. The first-order valence-electron chi connectivity index (χ1n) is 15.8. The van der Waals surface area contributed by atoms with Crippen LogP contribution in [-0.4, -0.2) is 85.9 Å². The van der Waals surface area contributed by atoms with Crippen molar-refractivity contribution < 1.29 is 35.9 Å². The molecule has 258 valence electrons. The number of hydrogen-bond acceptors (Lipinski definition) is 8. The summed E-state index contributed by atoms with van der Waals surface area (Å²) in [7, 11) is 1.96. The van der Waals surface area contributed by atoms with Crippen LogP contribution >= 0.6 is 0 Å². The Morgan fingerprint density at radius 1 is 1.20 bits per heavy atom. The van der Waals surface area contributed by atoms with E-state index in [1.54, 1.807) is 4.68 Å². The standard InChI is InChI=1S/C33H32F6N8O2/c1-18-15-23-28(27(36)26(18)22-6-3-12-41-31(22)33(37,38)39)42-32(49-17-21-5-4-13-45(21)2)29-30(23)47(44-43-29)20-10-14-46(19(16-20)9-11-40)25(48)8-7-24(34)35/h3,6-8,12,15,19-21,24H,4-5,9-10,13-14,16-17H2,1-2H3/b8-7+/t19-,20+,21+/m1/s1. The lowest BCUT2D eigenvalue weighted by Gasteiger charge is -2.38. The molecule has 1 amide bonds. The molecule has 1 aromatic carbocycles. The minimum Gasteiger partial charge on any atom is -0.474 e. The highest BCUT2D eigenvalue weighted by Gasteiger charge is 2.38. The second kappa shape index (κ2) is 13.6. The van der Waals surface area contributed by atoms with Gasteiger partial charge < -0.3 is 14.5 Å². The van der Waals surface area contributed by atoms with Gasteiger partial charge in [0, 0.05) is 47.4 Å². The van der Waals surface area contributed by atoms with Gasteiger partial charge in [-0.3, -0.25) is 9.78 Å². The third-order valence-corrected chi connectivity index (χ3v) is 9.26. The van der Waals surface area contributed by atoms with Crippen molar-refractivity contribution in [1.82, 2.24) is 34.8 Å². The number of ether oxygens (including phenoxy) is 1. The van der Waals surface area contributed by atoms with E-state index in [2.05, 4.69) is 25.2 Å². The Morgan fingerprint density at radius 2 is 2.00 bits per heavy atom. The number of amides is 1. The number of aromatic nitrogens is 5. The van der Waals surface area contributed by atoms with Gasteiger partial charge in [-0.15, -0.1) is 5.10 Å². The van der Waals surface area contributed by atoms with Gasteiger partial charge in [-0.05, 0) is 70.0 Å². The minimum atomic E-state index is -4.85. The molecular weight excluding hydrogens is 654 g/mol. The van der Waals surface area contributed by atoms with Crippen molar-refractivity contribution in [3.63, 3.8) is 0 Å². The molecule has 2 fully saturated rings. The number of likely N-dealkylation sites (tertiary alicyclic amines) is 2. The van der Waals surface area contributed by atoms with Crippen molar-refractivity contribution >= 4 is 27.8 Å². The molecule has 16 heteroatoms. The van der Waals surface area contributed by atoms with Crippen LogP contribution < -0.4 is 4.74 Å². The smallest absolute Gasteiger partial charge is 0.433 e. The monoisotopic (exact) mass is 686 g/mol. The first-order valence-corrected chi connectivity index (χ1v) is 15.8. The van der Waals surface area contributed by atoms with Crippen LogP contribution in [-0.2, 0) is 11.0 Å². The van der Waals surface area contributed by atoms with E-state index >= 15 is 4.39 Å². The maximum Gasteiger partial charge on any atom is 0.433 e. The lowest BCUT2D eigenvalue weighted by atomic mass is 9.94. The van der Waals surface area contributed by atoms with Crippen molar-refractivity contribution in [2.45, 2.75) is 69.8 Å². The van der Waals surface area contributed by atoms with Crippen LogP contribution in [0.25, 0.3) is 33.1 Å². The van der Waals surface area contributed by atoms with Crippen molar-refractivity contribution in [2.24, 2.45) is 0 Å². The molecule has 0 unspecified atom stereocenters. The van der Waals surface area contributed by atoms with Gasteiger partial charge in [0.05, 0.1) is 18.5 Å². The molecule has 49 heavy (non-hydrogen) atoms. The summed E-state index contributed by atoms with van der Waals surface area (Å²) in [5.41, 5.74) is -1.50. The number of carbonyl (C=O) groups is 1. The maximum atomic E-state index is 16.7. The van der Waals surface area contributed by atoms with Crippen molar-refractivity contribution in [2.75, 3.05) is 26.7 Å². The number of aryl methyl sites for hydroxylation is 1. The second-order valence-electron chi connectivity index (χ2n) is 12.3. The van der Waals surface area contributed by atoms with Crippen molar-refractivity contribution in [3.05, 3.63) is 53.6 Å². The van der Waals surface area contributed by atoms with Gasteiger partial charge in [0.2, 0.25) is 11.8 Å². The van der Waals surface area contributed by atoms with E-state index in [9.17, 15) is 32.0 Å². The first-order chi connectivity index (χ1) is 23.4. The summed E-state index contributed by atoms with van der Waals surface area (Å²) < 4.78 is 91.9. The predicted octanol–water partition coefficient (Wildman–Crippen LogP) is 6.25. The highest BCUT2D eigenvalue weighted by atomic mass is 19.4. The number of benzene rings is 1. The molecule has 4 aromatic rings. The van der Waals surface area contributed by atoms with Gasteiger partial charge in [0.1, 0.15) is 17.6 Å². The van der Waals surface area contributed by atoms with Crippen LogP contribution in [0, 0.1) is 24.1 Å². The molecule has 0 aliphatic carbocycles. The van der Waals surface area contributed by atoms with E-state index in [1.807, 2.05) is 13.1 Å². The molecule has 0 bridgehead atoms. The lowest BCUT2D eigenvalue weighted by Crippen LogP contribution is -2.46. The molecule has 2 aliphatic rings. The Labute approximate surface area is 276 Å². The van der Waals surface area contributed by atoms with Crippen LogP contribution in [0.5, 0.6) is 5.88 Å². The first kappa shape index (κ1) is 34.1. The molecule has 0 radical (unpaired) electrons. The van der Waals surface area contributed by atoms with Gasteiger partial charge in [-0.1, -0.05) is 11.3 Å². The van der Waals surface area contributed by atoms with Gasteiger partial charge in [0.25, 0.3) is 6.43 Å². The fourth-order valence-corrected chi connectivity index (χ4v) is 6.88. The Hall–Kier alpha value is -4.78. The number of nitrogens with zero attached hydrogens (tertiary/aromatic N) is 8. The fourth-order valence-electron chi connectivity index (χ4n) is 6.88. The average molecular weight is 687 g/mol. The SMILES string of the molecule is Cc1cc2c(nc(OC[C@@H]3CCCN3C)c3nnn([C@H]4CCN(C(=O)/C=C/C(F)F)[C@H](CC#N)C4)c32)c(F)c1-c1cccnc1C(F)(F)F. The van der Waals surface area contributed by atoms with E-state index in [-0.39, 0.29) is 65.5 Å². The summed E-state index contributed by atoms with van der Waals surface area (Å²) in [6, 6.07) is 4.98. The zero-order valence-electron chi connectivity index (χ0n) is 26.6. The van der Waals surface area contributed by atoms with E-state index in [0.717, 1.165) is 37.7 Å². The number of rotatable bonds is 8. The number of likely N-dealkylation sites (N-methyl/N-ethyl adjacent to an activating group) is 1. The minimum absolute atomic E-state index is 0.0386. The molecule has 0 spiro atoms. The Balaban J connectivity index is 1.49. The molecule has 3 atom stereocenters. The average Bonchev–Trinajstić information content (AvgIpc) is 3.69. The van der Waals surface area contributed by atoms with Crippen LogP contribution in [0.15, 0.2) is 36.5 Å². The van der Waals surface area contributed by atoms with E-state index in [0.29, 0.717) is 18.0 Å². The highest BCUT2D eigenvalue weighted by Crippen LogP contribution is 2.42. The molecule has 2 saturated heterocycles. The molecule has 5 heterocycles. The molecule has 0 N–H and O–H groups in total. The predicted molar refractivity (Wildman–Crippen MR) is 166 cm³/mol. The summed E-state index contributed by atoms with van der Waals surface area (Å²) in [6.45, 7) is 2.68. The molecule has 10 nitrogen and oxygen atoms in total. The van der Waals surface area contributed by atoms with Crippen LogP contribution in [0.1, 0.15) is 49.4 Å². The van der Waals surface area contributed by atoms with Crippen LogP contribution in [0.4, 0.5) is 26.3 Å². The van der Waals surface area contributed by atoms with Crippen molar-refractivity contribution in [1.29, 1.82) is 5.26 Å². The number of halogens is 6. The Morgan fingerprint density at radius 3 is 2.69 bits per heavy atom.